The van der Waals surface area contributed by atoms with Gasteiger partial charge in [0, 0.05) is 18.3 Å². The van der Waals surface area contributed by atoms with E-state index in [9.17, 15) is 24.3 Å². The van der Waals surface area contributed by atoms with Gasteiger partial charge in [0.15, 0.2) is 0 Å². The number of amides is 3. The smallest absolute Gasteiger partial charge is 0.326 e. The van der Waals surface area contributed by atoms with Crippen molar-refractivity contribution in [2.45, 2.75) is 57.3 Å². The van der Waals surface area contributed by atoms with Gasteiger partial charge in [-0.1, -0.05) is 13.8 Å². The Kier molecular flexibility index (Phi) is 12.5. The Morgan fingerprint density at radius 1 is 1.09 bits per heavy atom. The van der Waals surface area contributed by atoms with Gasteiger partial charge in [0.25, 0.3) is 0 Å². The number of aliphatic carboxylic acids is 1. The maximum Gasteiger partial charge on any atom is 0.326 e. The Balaban J connectivity index is 3.00. The number of carboxylic acids is 1. The average Bonchev–Trinajstić information content (AvgIpc) is 3.27. The van der Waals surface area contributed by atoms with Gasteiger partial charge in [0.05, 0.1) is 12.9 Å². The number of carboxylic acid groups (broad SMARTS) is 1. The van der Waals surface area contributed by atoms with Crippen LogP contribution in [0.1, 0.15) is 32.4 Å². The SMILES string of the molecule is CSCCC(NC(=O)C(CC(C)C)NC(=O)C(Cc1cnc[nH]1)NC(=O)C(N)CO)C(=O)O. The van der Waals surface area contributed by atoms with E-state index in [4.69, 9.17) is 10.8 Å². The van der Waals surface area contributed by atoms with Gasteiger partial charge in [0.2, 0.25) is 17.7 Å². The lowest BCUT2D eigenvalue weighted by molar-refractivity contribution is -0.142. The number of nitrogens with zero attached hydrogens (tertiary/aromatic N) is 1. The number of nitrogens with one attached hydrogen (secondary N) is 4. The van der Waals surface area contributed by atoms with Crippen LogP contribution in [0.5, 0.6) is 0 Å². The van der Waals surface area contributed by atoms with Gasteiger partial charge in [-0.3, -0.25) is 14.4 Å². The molecule has 0 saturated carbocycles. The van der Waals surface area contributed by atoms with Crippen LogP contribution in [0.4, 0.5) is 0 Å². The number of carbonyl (C=O) groups excluding carboxylic acids is 3. The fourth-order valence-corrected chi connectivity index (χ4v) is 3.40. The lowest BCUT2D eigenvalue weighted by Gasteiger charge is -2.26. The third-order valence-electron chi connectivity index (χ3n) is 4.71. The fraction of sp³-hybridized carbons (Fsp3) is 0.650. The Hall–Kier alpha value is -2.64. The lowest BCUT2D eigenvalue weighted by atomic mass is 10.0. The number of aromatic nitrogens is 2. The first-order chi connectivity index (χ1) is 15.6. The molecule has 0 spiro atoms. The molecule has 0 saturated heterocycles. The molecule has 0 aliphatic carbocycles. The van der Waals surface area contributed by atoms with E-state index >= 15 is 0 Å². The number of rotatable bonds is 15. The predicted molar refractivity (Wildman–Crippen MR) is 123 cm³/mol. The van der Waals surface area contributed by atoms with Gasteiger partial charge in [-0.25, -0.2) is 9.78 Å². The zero-order chi connectivity index (χ0) is 25.0. The highest BCUT2D eigenvalue weighted by atomic mass is 32.2. The zero-order valence-corrected chi connectivity index (χ0v) is 19.9. The van der Waals surface area contributed by atoms with E-state index in [2.05, 4.69) is 25.9 Å². The molecule has 1 aromatic heterocycles. The summed E-state index contributed by atoms with van der Waals surface area (Å²) in [6.07, 6.45) is 5.27. The van der Waals surface area contributed by atoms with Crippen molar-refractivity contribution in [3.05, 3.63) is 18.2 Å². The molecule has 0 aliphatic heterocycles. The topological polar surface area (TPSA) is 200 Å². The number of aliphatic hydroxyl groups excluding tert-OH is 1. The maximum atomic E-state index is 13.0. The molecule has 3 amide bonds. The summed E-state index contributed by atoms with van der Waals surface area (Å²) in [4.78, 5) is 56.3. The van der Waals surface area contributed by atoms with Gasteiger partial charge >= 0.3 is 5.97 Å². The third kappa shape index (κ3) is 10.2. The normalized spacial score (nSPS) is 14.7. The minimum absolute atomic E-state index is 0.0129. The van der Waals surface area contributed by atoms with E-state index in [-0.39, 0.29) is 25.2 Å². The second kappa shape index (κ2) is 14.5. The van der Waals surface area contributed by atoms with Crippen LogP contribution in [0, 0.1) is 5.92 Å². The number of aliphatic hydroxyl groups is 1. The molecule has 186 valence electrons. The second-order valence-electron chi connectivity index (χ2n) is 8.00. The van der Waals surface area contributed by atoms with Crippen molar-refractivity contribution < 1.29 is 29.4 Å². The molecule has 4 unspecified atom stereocenters. The van der Waals surface area contributed by atoms with Crippen LogP contribution < -0.4 is 21.7 Å². The summed E-state index contributed by atoms with van der Waals surface area (Å²) in [6.45, 7) is 3.12. The zero-order valence-electron chi connectivity index (χ0n) is 19.0. The van der Waals surface area contributed by atoms with Gasteiger partial charge in [-0.15, -0.1) is 0 Å². The number of H-pyrrole nitrogens is 1. The summed E-state index contributed by atoms with van der Waals surface area (Å²) >= 11 is 1.46. The molecule has 13 heteroatoms. The van der Waals surface area contributed by atoms with Crippen LogP contribution in [0.3, 0.4) is 0 Å². The summed E-state index contributed by atoms with van der Waals surface area (Å²) < 4.78 is 0. The molecule has 0 aliphatic rings. The highest BCUT2D eigenvalue weighted by Crippen LogP contribution is 2.09. The molecule has 1 aromatic rings. The van der Waals surface area contributed by atoms with Crippen molar-refractivity contribution in [2.75, 3.05) is 18.6 Å². The largest absolute Gasteiger partial charge is 0.480 e. The van der Waals surface area contributed by atoms with Crippen molar-refractivity contribution in [1.82, 2.24) is 25.9 Å². The van der Waals surface area contributed by atoms with Crippen molar-refractivity contribution in [1.29, 1.82) is 0 Å². The molecule has 0 fully saturated rings. The number of thioether (sulfide) groups is 1. The van der Waals surface area contributed by atoms with E-state index in [1.807, 2.05) is 20.1 Å². The van der Waals surface area contributed by atoms with Crippen molar-refractivity contribution >= 4 is 35.5 Å². The van der Waals surface area contributed by atoms with Crippen molar-refractivity contribution in [3.63, 3.8) is 0 Å². The molecule has 8 N–H and O–H groups in total. The van der Waals surface area contributed by atoms with Gasteiger partial charge in [-0.2, -0.15) is 11.8 Å². The number of imidazole rings is 1. The predicted octanol–water partition coefficient (Wildman–Crippen LogP) is -1.39. The lowest BCUT2D eigenvalue weighted by Crippen LogP contribution is -2.58. The Labute approximate surface area is 196 Å². The molecule has 1 rings (SSSR count). The fourth-order valence-electron chi connectivity index (χ4n) is 2.93. The highest BCUT2D eigenvalue weighted by Gasteiger charge is 2.31. The third-order valence-corrected chi connectivity index (χ3v) is 5.35. The Morgan fingerprint density at radius 2 is 1.70 bits per heavy atom. The van der Waals surface area contributed by atoms with E-state index in [1.54, 1.807) is 0 Å². The Bertz CT molecular complexity index is 775. The Morgan fingerprint density at radius 3 is 2.21 bits per heavy atom. The minimum atomic E-state index is -1.22. The van der Waals surface area contributed by atoms with Gasteiger partial charge in [-0.05, 0) is 30.8 Å². The van der Waals surface area contributed by atoms with Gasteiger partial charge in [0.1, 0.15) is 24.2 Å². The second-order valence-corrected chi connectivity index (χ2v) is 8.99. The van der Waals surface area contributed by atoms with Crippen LogP contribution >= 0.6 is 11.8 Å². The summed E-state index contributed by atoms with van der Waals surface area (Å²) in [7, 11) is 0. The molecule has 12 nitrogen and oxygen atoms in total. The first-order valence-corrected chi connectivity index (χ1v) is 11.9. The number of carbonyl (C=O) groups is 4. The van der Waals surface area contributed by atoms with E-state index < -0.39 is 54.5 Å². The summed E-state index contributed by atoms with van der Waals surface area (Å²) in [5.41, 5.74) is 6.10. The summed E-state index contributed by atoms with van der Waals surface area (Å²) in [6, 6.07) is -4.42. The highest BCUT2D eigenvalue weighted by molar-refractivity contribution is 7.98. The number of hydrogen-bond acceptors (Lipinski definition) is 8. The first kappa shape index (κ1) is 28.4. The standard InChI is InChI=1S/C20H34N6O6S/c1-11(2)6-15(18(29)24-14(20(31)32)4-5-33-3)26-19(30)16(7-12-8-22-10-23-12)25-17(28)13(21)9-27/h8,10-11,13-16,27H,4-7,9,21H2,1-3H3,(H,22,23)(H,24,29)(H,25,28)(H,26,30)(H,31,32). The molecule has 33 heavy (non-hydrogen) atoms. The average molecular weight is 487 g/mol. The van der Waals surface area contributed by atoms with E-state index in [0.717, 1.165) is 0 Å². The monoisotopic (exact) mass is 486 g/mol. The van der Waals surface area contributed by atoms with Crippen molar-refractivity contribution in [3.8, 4) is 0 Å². The van der Waals surface area contributed by atoms with Gasteiger partial charge < -0.3 is 36.9 Å². The maximum absolute atomic E-state index is 13.0. The molecule has 0 bridgehead atoms. The van der Waals surface area contributed by atoms with E-state index in [1.165, 1.54) is 24.3 Å². The number of aromatic amines is 1. The molecular weight excluding hydrogens is 452 g/mol. The van der Waals surface area contributed by atoms with Crippen LogP contribution in [-0.2, 0) is 25.6 Å². The first-order valence-electron chi connectivity index (χ1n) is 10.6. The van der Waals surface area contributed by atoms with Crippen molar-refractivity contribution in [2.24, 2.45) is 11.7 Å². The molecular formula is C20H34N6O6S. The van der Waals surface area contributed by atoms with Crippen LogP contribution in [0.25, 0.3) is 0 Å². The quantitative estimate of drug-likeness (QED) is 0.156. The summed E-state index contributed by atoms with van der Waals surface area (Å²) in [5, 5.41) is 26.1. The molecule has 0 radical (unpaired) electrons. The number of hydrogen-bond donors (Lipinski definition) is 7. The summed E-state index contributed by atoms with van der Waals surface area (Å²) in [5.74, 6) is -2.61. The van der Waals surface area contributed by atoms with E-state index in [0.29, 0.717) is 11.4 Å². The molecule has 4 atom stereocenters. The van der Waals surface area contributed by atoms with Crippen LogP contribution in [0.2, 0.25) is 0 Å². The van der Waals surface area contributed by atoms with Crippen LogP contribution in [-0.4, -0.2) is 86.7 Å². The number of nitrogens with two attached hydrogens (primary N) is 1. The molecule has 0 aromatic carbocycles. The molecule has 1 heterocycles. The van der Waals surface area contributed by atoms with Crippen LogP contribution in [0.15, 0.2) is 12.5 Å². The minimum Gasteiger partial charge on any atom is -0.480 e.